The fourth-order valence-electron chi connectivity index (χ4n) is 2.08. The molecule has 0 spiro atoms. The molecule has 1 fully saturated rings. The fourth-order valence-corrected chi connectivity index (χ4v) is 2.08. The topological polar surface area (TPSA) is 44.5 Å². The summed E-state index contributed by atoms with van der Waals surface area (Å²) in [5.74, 6) is 0.388. The van der Waals surface area contributed by atoms with Crippen LogP contribution in [0.4, 0.5) is 4.39 Å². The van der Waals surface area contributed by atoms with Crippen LogP contribution in [0.5, 0.6) is 11.5 Å². The minimum absolute atomic E-state index is 0.184. The van der Waals surface area contributed by atoms with Crippen LogP contribution in [0, 0.1) is 5.82 Å². The molecule has 1 aliphatic carbocycles. The predicted octanol–water partition coefficient (Wildman–Crippen LogP) is 2.18. The van der Waals surface area contributed by atoms with Crippen LogP contribution in [0.15, 0.2) is 12.1 Å². The Labute approximate surface area is 94.3 Å². The van der Waals surface area contributed by atoms with Crippen LogP contribution in [0.3, 0.4) is 0 Å². The maximum absolute atomic E-state index is 13.6. The number of benzene rings is 1. The largest absolute Gasteiger partial charge is 0.496 e. The van der Waals surface area contributed by atoms with Gasteiger partial charge in [0, 0.05) is 17.2 Å². The van der Waals surface area contributed by atoms with E-state index in [0.717, 1.165) is 24.8 Å². The van der Waals surface area contributed by atoms with E-state index in [9.17, 15) is 4.39 Å². The quantitative estimate of drug-likeness (QED) is 0.857. The first-order chi connectivity index (χ1) is 7.60. The molecule has 0 unspecified atom stereocenters. The Kier molecular flexibility index (Phi) is 2.76. The second-order valence-corrected chi connectivity index (χ2v) is 4.20. The Balaban J connectivity index is 2.48. The van der Waals surface area contributed by atoms with Gasteiger partial charge in [-0.1, -0.05) is 0 Å². The lowest BCUT2D eigenvalue weighted by atomic mass is 9.72. The molecule has 1 aliphatic rings. The molecule has 2 rings (SSSR count). The summed E-state index contributed by atoms with van der Waals surface area (Å²) in [5, 5.41) is 0. The van der Waals surface area contributed by atoms with E-state index in [2.05, 4.69) is 0 Å². The number of methoxy groups -OCH3 is 2. The van der Waals surface area contributed by atoms with Gasteiger partial charge in [-0.3, -0.25) is 0 Å². The van der Waals surface area contributed by atoms with Crippen molar-refractivity contribution in [3.8, 4) is 11.5 Å². The molecule has 0 heterocycles. The van der Waals surface area contributed by atoms with Crippen LogP contribution in [0.2, 0.25) is 0 Å². The van der Waals surface area contributed by atoms with Crippen LogP contribution in [0.25, 0.3) is 0 Å². The highest BCUT2D eigenvalue weighted by molar-refractivity contribution is 5.46. The van der Waals surface area contributed by atoms with Crippen molar-refractivity contribution in [1.82, 2.24) is 0 Å². The van der Waals surface area contributed by atoms with Gasteiger partial charge >= 0.3 is 0 Å². The molecule has 2 N–H and O–H groups in total. The van der Waals surface area contributed by atoms with E-state index in [1.54, 1.807) is 13.2 Å². The number of ether oxygens (including phenoxy) is 2. The number of rotatable bonds is 3. The third-order valence-electron chi connectivity index (χ3n) is 3.26. The lowest BCUT2D eigenvalue weighted by Gasteiger charge is -2.39. The highest BCUT2D eigenvalue weighted by Gasteiger charge is 2.37. The van der Waals surface area contributed by atoms with Crippen molar-refractivity contribution in [3.63, 3.8) is 0 Å². The third kappa shape index (κ3) is 1.63. The minimum atomic E-state index is -0.432. The highest BCUT2D eigenvalue weighted by Crippen LogP contribution is 2.44. The smallest absolute Gasteiger partial charge is 0.165 e. The maximum atomic E-state index is 13.6. The van der Waals surface area contributed by atoms with E-state index < -0.39 is 11.4 Å². The van der Waals surface area contributed by atoms with Crippen molar-refractivity contribution in [2.45, 2.75) is 24.8 Å². The standard InChI is InChI=1S/C12H16FNO2/c1-15-10-7-11(16-2)9(13)6-8(10)12(14)4-3-5-12/h6-7H,3-5,14H2,1-2H3. The van der Waals surface area contributed by atoms with E-state index in [0.29, 0.717) is 5.75 Å². The average Bonchev–Trinajstić information content (AvgIpc) is 2.25. The second-order valence-electron chi connectivity index (χ2n) is 4.20. The van der Waals surface area contributed by atoms with Gasteiger partial charge in [0.2, 0.25) is 0 Å². The van der Waals surface area contributed by atoms with E-state index in [1.165, 1.54) is 13.2 Å². The molecule has 1 aromatic carbocycles. The van der Waals surface area contributed by atoms with Gasteiger partial charge in [-0.15, -0.1) is 0 Å². The van der Waals surface area contributed by atoms with Gasteiger partial charge in [-0.05, 0) is 25.3 Å². The normalized spacial score (nSPS) is 17.8. The average molecular weight is 225 g/mol. The Morgan fingerprint density at radius 2 is 1.81 bits per heavy atom. The summed E-state index contributed by atoms with van der Waals surface area (Å²) in [6, 6.07) is 2.98. The zero-order valence-corrected chi connectivity index (χ0v) is 9.55. The van der Waals surface area contributed by atoms with Gasteiger partial charge in [-0.25, -0.2) is 4.39 Å². The molecule has 1 saturated carbocycles. The molecular formula is C12H16FNO2. The van der Waals surface area contributed by atoms with Crippen molar-refractivity contribution in [1.29, 1.82) is 0 Å². The van der Waals surface area contributed by atoms with E-state index >= 15 is 0 Å². The summed E-state index contributed by atoms with van der Waals surface area (Å²) in [6.07, 6.45) is 2.82. The fraction of sp³-hybridized carbons (Fsp3) is 0.500. The van der Waals surface area contributed by atoms with Gasteiger partial charge in [0.05, 0.1) is 14.2 Å². The third-order valence-corrected chi connectivity index (χ3v) is 3.26. The van der Waals surface area contributed by atoms with E-state index in [1.807, 2.05) is 0 Å². The van der Waals surface area contributed by atoms with Gasteiger partial charge in [0.25, 0.3) is 0 Å². The van der Waals surface area contributed by atoms with Crippen molar-refractivity contribution in [2.24, 2.45) is 5.73 Å². The Morgan fingerprint density at radius 1 is 1.19 bits per heavy atom. The summed E-state index contributed by atoms with van der Waals surface area (Å²) >= 11 is 0. The minimum Gasteiger partial charge on any atom is -0.496 e. The van der Waals surface area contributed by atoms with Crippen LogP contribution in [-0.4, -0.2) is 14.2 Å². The van der Waals surface area contributed by atoms with E-state index in [4.69, 9.17) is 15.2 Å². The maximum Gasteiger partial charge on any atom is 0.165 e. The van der Waals surface area contributed by atoms with Crippen molar-refractivity contribution < 1.29 is 13.9 Å². The first kappa shape index (κ1) is 11.2. The van der Waals surface area contributed by atoms with Crippen molar-refractivity contribution >= 4 is 0 Å². The monoisotopic (exact) mass is 225 g/mol. The molecule has 0 bridgehead atoms. The van der Waals surface area contributed by atoms with Gasteiger partial charge in [0.15, 0.2) is 11.6 Å². The Bertz CT molecular complexity index is 402. The Morgan fingerprint density at radius 3 is 2.25 bits per heavy atom. The second kappa shape index (κ2) is 3.94. The van der Waals surface area contributed by atoms with Crippen LogP contribution >= 0.6 is 0 Å². The molecular weight excluding hydrogens is 209 g/mol. The van der Waals surface area contributed by atoms with Gasteiger partial charge < -0.3 is 15.2 Å². The number of halogens is 1. The summed E-state index contributed by atoms with van der Waals surface area (Å²) in [6.45, 7) is 0. The number of hydrogen-bond donors (Lipinski definition) is 1. The van der Waals surface area contributed by atoms with Crippen molar-refractivity contribution in [3.05, 3.63) is 23.5 Å². The number of hydrogen-bond acceptors (Lipinski definition) is 3. The molecule has 0 amide bonds. The van der Waals surface area contributed by atoms with Gasteiger partial charge in [0.1, 0.15) is 5.75 Å². The molecule has 0 saturated heterocycles. The predicted molar refractivity (Wildman–Crippen MR) is 59.2 cm³/mol. The van der Waals surface area contributed by atoms with E-state index in [-0.39, 0.29) is 5.75 Å². The molecule has 0 atom stereocenters. The van der Waals surface area contributed by atoms with Crippen LogP contribution in [0.1, 0.15) is 24.8 Å². The summed E-state index contributed by atoms with van der Waals surface area (Å²) < 4.78 is 23.8. The summed E-state index contributed by atoms with van der Waals surface area (Å²) in [4.78, 5) is 0. The lowest BCUT2D eigenvalue weighted by Crippen LogP contribution is -2.43. The zero-order valence-electron chi connectivity index (χ0n) is 9.55. The van der Waals surface area contributed by atoms with Crippen LogP contribution < -0.4 is 15.2 Å². The van der Waals surface area contributed by atoms with Crippen molar-refractivity contribution in [2.75, 3.05) is 14.2 Å². The molecule has 88 valence electrons. The molecule has 0 radical (unpaired) electrons. The molecule has 3 nitrogen and oxygen atoms in total. The molecule has 0 aliphatic heterocycles. The molecule has 0 aromatic heterocycles. The first-order valence-electron chi connectivity index (χ1n) is 5.31. The summed E-state index contributed by atoms with van der Waals surface area (Å²) in [7, 11) is 2.98. The first-order valence-corrected chi connectivity index (χ1v) is 5.31. The molecule has 1 aromatic rings. The SMILES string of the molecule is COc1cc(OC)c(C2(N)CCC2)cc1F. The highest BCUT2D eigenvalue weighted by atomic mass is 19.1. The lowest BCUT2D eigenvalue weighted by molar-refractivity contribution is 0.242. The zero-order chi connectivity index (χ0) is 11.8. The number of nitrogens with two attached hydrogens (primary N) is 1. The Hall–Kier alpha value is -1.29. The van der Waals surface area contributed by atoms with Gasteiger partial charge in [-0.2, -0.15) is 0 Å². The van der Waals surface area contributed by atoms with Crippen LogP contribution in [-0.2, 0) is 5.54 Å². The molecule has 16 heavy (non-hydrogen) atoms. The molecule has 4 heteroatoms. The summed E-state index contributed by atoms with van der Waals surface area (Å²) in [5.41, 5.74) is 6.48.